The summed E-state index contributed by atoms with van der Waals surface area (Å²) in [6.45, 7) is 20.0. The van der Waals surface area contributed by atoms with E-state index in [0.29, 0.717) is 0 Å². The van der Waals surface area contributed by atoms with Gasteiger partial charge in [0.1, 0.15) is 37.1 Å². The molecule has 2 heterocycles. The Labute approximate surface area is 408 Å². The van der Waals surface area contributed by atoms with Gasteiger partial charge in [-0.2, -0.15) is 0 Å². The minimum Gasteiger partial charge on any atom is -0.462 e. The molecule has 0 radical (unpaired) electrons. The van der Waals surface area contributed by atoms with Crippen molar-refractivity contribution >= 4 is 23.9 Å². The van der Waals surface area contributed by atoms with Crippen LogP contribution in [0.5, 0.6) is 0 Å². The largest absolute Gasteiger partial charge is 0.462 e. The molecule has 380 valence electrons. The molecule has 3 aromatic carbocycles. The smallest absolute Gasteiger partial charge is 0.311 e. The molecular formula is C54H74O15. The Hall–Kier alpha value is -4.74. The van der Waals surface area contributed by atoms with Crippen LogP contribution >= 0.6 is 0 Å². The summed E-state index contributed by atoms with van der Waals surface area (Å²) in [5.74, 6) is -2.68. The Kier molecular flexibility index (Phi) is 19.1. The topological polar surface area (TPSA) is 170 Å². The van der Waals surface area contributed by atoms with Gasteiger partial charge in [0.15, 0.2) is 30.9 Å². The molecule has 0 N–H and O–H groups in total. The normalized spacial score (nSPS) is 25.6. The van der Waals surface area contributed by atoms with Crippen LogP contribution in [0.15, 0.2) is 91.0 Å². The van der Waals surface area contributed by atoms with Crippen molar-refractivity contribution in [2.24, 2.45) is 21.7 Å². The third-order valence-corrected chi connectivity index (χ3v) is 11.2. The van der Waals surface area contributed by atoms with Gasteiger partial charge in [-0.3, -0.25) is 19.2 Å². The maximum absolute atomic E-state index is 14.2. The summed E-state index contributed by atoms with van der Waals surface area (Å²) in [6, 6.07) is 28.7. The standard InChI is InChI=1S/C54H74O15/c1-51(2,3)47(55)63-33-38-40(67-48(56)52(4,5)6)42(68-49(57)53(7,8)9)44(69-50(58)54(10,11)12)46(65-38)66-39-37(32-60-29-34-23-17-14-18-24-34)64-45(59-13)43(62-31-36-27-21-16-22-28-36)41(39)61-30-35-25-19-15-20-26-35/h14-28,37-46H,29-33H2,1-13H3/t37-,38-,39-,40+,41+,42+,43-,44-,45+,46+/m1/s1. The highest BCUT2D eigenvalue weighted by atomic mass is 16.8. The fourth-order valence-corrected chi connectivity index (χ4v) is 7.09. The van der Waals surface area contributed by atoms with Crippen LogP contribution in [0.4, 0.5) is 0 Å². The van der Waals surface area contributed by atoms with E-state index in [0.717, 1.165) is 16.7 Å². The zero-order valence-corrected chi connectivity index (χ0v) is 42.6. The summed E-state index contributed by atoms with van der Waals surface area (Å²) >= 11 is 0. The second-order valence-corrected chi connectivity index (χ2v) is 21.7. The molecule has 0 aliphatic carbocycles. The van der Waals surface area contributed by atoms with Crippen molar-refractivity contribution in [1.82, 2.24) is 0 Å². The first-order valence-corrected chi connectivity index (χ1v) is 23.6. The van der Waals surface area contributed by atoms with Gasteiger partial charge in [0, 0.05) is 7.11 Å². The number of rotatable bonds is 18. The van der Waals surface area contributed by atoms with Crippen LogP contribution in [0, 0.1) is 21.7 Å². The molecule has 3 aromatic rings. The molecular weight excluding hydrogens is 889 g/mol. The lowest BCUT2D eigenvalue weighted by Gasteiger charge is -2.50. The van der Waals surface area contributed by atoms with E-state index in [2.05, 4.69) is 0 Å². The van der Waals surface area contributed by atoms with Crippen molar-refractivity contribution in [3.63, 3.8) is 0 Å². The molecule has 15 nitrogen and oxygen atoms in total. The summed E-state index contributed by atoms with van der Waals surface area (Å²) in [6.07, 6.45) is -12.7. The first-order chi connectivity index (χ1) is 32.4. The van der Waals surface area contributed by atoms with Crippen molar-refractivity contribution in [1.29, 1.82) is 0 Å². The maximum atomic E-state index is 14.2. The van der Waals surface area contributed by atoms with Crippen molar-refractivity contribution in [2.75, 3.05) is 20.3 Å². The van der Waals surface area contributed by atoms with Crippen molar-refractivity contribution in [3.05, 3.63) is 108 Å². The first kappa shape index (κ1) is 55.2. The summed E-state index contributed by atoms with van der Waals surface area (Å²) in [4.78, 5) is 55.5. The molecule has 0 bridgehead atoms. The van der Waals surface area contributed by atoms with Gasteiger partial charge in [0.2, 0.25) is 0 Å². The minimum atomic E-state index is -1.63. The quantitative estimate of drug-likeness (QED) is 0.0880. The van der Waals surface area contributed by atoms with E-state index in [-0.39, 0.29) is 26.4 Å². The zero-order valence-electron chi connectivity index (χ0n) is 42.6. The molecule has 2 aliphatic heterocycles. The van der Waals surface area contributed by atoms with Crippen molar-refractivity contribution in [3.8, 4) is 0 Å². The van der Waals surface area contributed by atoms with Gasteiger partial charge in [-0.15, -0.1) is 0 Å². The number of carbonyl (C=O) groups excluding carboxylic acids is 4. The van der Waals surface area contributed by atoms with Crippen LogP contribution in [0.2, 0.25) is 0 Å². The van der Waals surface area contributed by atoms with Gasteiger partial charge in [0.25, 0.3) is 0 Å². The number of benzene rings is 3. The summed E-state index contributed by atoms with van der Waals surface area (Å²) in [5, 5.41) is 0. The summed E-state index contributed by atoms with van der Waals surface area (Å²) < 4.78 is 71.2. The predicted molar refractivity (Wildman–Crippen MR) is 254 cm³/mol. The monoisotopic (exact) mass is 963 g/mol. The van der Waals surface area contributed by atoms with Gasteiger partial charge in [0.05, 0.1) is 48.1 Å². The van der Waals surface area contributed by atoms with Crippen LogP contribution in [-0.2, 0) is 91.1 Å². The second-order valence-electron chi connectivity index (χ2n) is 21.7. The molecule has 5 rings (SSSR count). The Balaban J connectivity index is 1.68. The number of methoxy groups -OCH3 is 1. The molecule has 0 saturated carbocycles. The molecule has 2 aliphatic rings. The molecule has 2 saturated heterocycles. The van der Waals surface area contributed by atoms with Gasteiger partial charge in [-0.1, -0.05) is 91.0 Å². The average Bonchev–Trinajstić information content (AvgIpc) is 3.28. The number of ether oxygens (including phenoxy) is 11. The SMILES string of the molecule is CO[C@H]1O[C@H](COCc2ccccc2)[C@@H](O[C@@H]2O[C@H](COC(=O)C(C)(C)C)[C@H](OC(=O)C(C)(C)C)[C@H](OC(=O)C(C)(C)C)[C@H]2OC(=O)C(C)(C)C)[C@H](OCc2ccccc2)[C@H]1OCc1ccccc1. The van der Waals surface area contributed by atoms with Crippen LogP contribution in [0.3, 0.4) is 0 Å². The van der Waals surface area contributed by atoms with E-state index in [4.69, 9.17) is 52.1 Å². The Morgan fingerprint density at radius 1 is 0.435 bits per heavy atom. The van der Waals surface area contributed by atoms with Crippen LogP contribution in [0.25, 0.3) is 0 Å². The summed E-state index contributed by atoms with van der Waals surface area (Å²) in [7, 11) is 1.50. The lowest BCUT2D eigenvalue weighted by molar-refractivity contribution is -0.368. The molecule has 10 atom stereocenters. The van der Waals surface area contributed by atoms with Crippen LogP contribution in [0.1, 0.15) is 99.8 Å². The minimum absolute atomic E-state index is 0.0595. The van der Waals surface area contributed by atoms with Crippen LogP contribution in [-0.4, -0.2) is 106 Å². The molecule has 69 heavy (non-hydrogen) atoms. The van der Waals surface area contributed by atoms with Crippen molar-refractivity contribution < 1.29 is 71.3 Å². The highest BCUT2D eigenvalue weighted by molar-refractivity contribution is 5.78. The molecule has 2 fully saturated rings. The number of hydrogen-bond donors (Lipinski definition) is 0. The van der Waals surface area contributed by atoms with E-state index in [1.54, 1.807) is 83.1 Å². The predicted octanol–water partition coefficient (Wildman–Crippen LogP) is 8.32. The highest BCUT2D eigenvalue weighted by Gasteiger charge is 2.58. The summed E-state index contributed by atoms with van der Waals surface area (Å²) in [5.41, 5.74) is -1.55. The van der Waals surface area contributed by atoms with E-state index in [9.17, 15) is 19.2 Å². The van der Waals surface area contributed by atoms with E-state index < -0.39 is 114 Å². The molecule has 0 aromatic heterocycles. The van der Waals surface area contributed by atoms with Gasteiger partial charge >= 0.3 is 23.9 Å². The van der Waals surface area contributed by atoms with Crippen molar-refractivity contribution in [2.45, 2.75) is 164 Å². The van der Waals surface area contributed by atoms with E-state index in [1.807, 2.05) is 91.0 Å². The Bertz CT molecular complexity index is 2090. The number of esters is 4. The van der Waals surface area contributed by atoms with E-state index >= 15 is 0 Å². The number of hydrogen-bond acceptors (Lipinski definition) is 15. The fourth-order valence-electron chi connectivity index (χ4n) is 7.09. The van der Waals surface area contributed by atoms with Gasteiger partial charge in [-0.25, -0.2) is 0 Å². The average molecular weight is 963 g/mol. The molecule has 0 spiro atoms. The maximum Gasteiger partial charge on any atom is 0.311 e. The Morgan fingerprint density at radius 2 is 0.826 bits per heavy atom. The van der Waals surface area contributed by atoms with E-state index in [1.165, 1.54) is 7.11 Å². The Morgan fingerprint density at radius 3 is 1.28 bits per heavy atom. The van der Waals surface area contributed by atoms with Crippen LogP contribution < -0.4 is 0 Å². The lowest BCUT2D eigenvalue weighted by atomic mass is 9.92. The zero-order chi connectivity index (χ0) is 50.7. The molecule has 15 heteroatoms. The third kappa shape index (κ3) is 15.9. The second kappa shape index (κ2) is 23.9. The number of carbonyl (C=O) groups is 4. The molecule has 0 unspecified atom stereocenters. The van der Waals surface area contributed by atoms with Gasteiger partial charge < -0.3 is 52.1 Å². The fraction of sp³-hybridized carbons (Fsp3) is 0.593. The highest BCUT2D eigenvalue weighted by Crippen LogP contribution is 2.38. The van der Waals surface area contributed by atoms with Gasteiger partial charge in [-0.05, 0) is 99.8 Å². The first-order valence-electron chi connectivity index (χ1n) is 23.6. The molecule has 0 amide bonds. The lowest BCUT2D eigenvalue weighted by Crippen LogP contribution is -2.67. The third-order valence-electron chi connectivity index (χ3n) is 11.2.